The Labute approximate surface area is 119 Å². The van der Waals surface area contributed by atoms with E-state index < -0.39 is 0 Å². The van der Waals surface area contributed by atoms with Crippen molar-refractivity contribution < 1.29 is 0 Å². The fourth-order valence-corrected chi connectivity index (χ4v) is 2.87. The van der Waals surface area contributed by atoms with E-state index in [0.29, 0.717) is 6.04 Å². The van der Waals surface area contributed by atoms with Crippen molar-refractivity contribution in [2.24, 2.45) is 11.7 Å². The van der Waals surface area contributed by atoms with Crippen LogP contribution in [0.2, 0.25) is 0 Å². The van der Waals surface area contributed by atoms with Crippen LogP contribution in [-0.4, -0.2) is 19.1 Å². The summed E-state index contributed by atoms with van der Waals surface area (Å²) in [5, 5.41) is 0. The lowest BCUT2D eigenvalue weighted by Crippen LogP contribution is -2.22. The maximum absolute atomic E-state index is 5.99. The third-order valence-corrected chi connectivity index (χ3v) is 4.48. The summed E-state index contributed by atoms with van der Waals surface area (Å²) in [6, 6.07) is 9.03. The lowest BCUT2D eigenvalue weighted by Gasteiger charge is -2.19. The fourth-order valence-electron chi connectivity index (χ4n) is 2.61. The third-order valence-electron chi connectivity index (χ3n) is 3.95. The Bertz CT molecular complexity index is 363. The molecule has 2 N–H and O–H groups in total. The van der Waals surface area contributed by atoms with Crippen molar-refractivity contribution in [1.29, 1.82) is 0 Å². The van der Waals surface area contributed by atoms with E-state index in [1.807, 2.05) is 0 Å². The summed E-state index contributed by atoms with van der Waals surface area (Å²) in [5.41, 5.74) is 7.34. The van der Waals surface area contributed by atoms with Crippen LogP contribution in [0.15, 0.2) is 28.7 Å². The van der Waals surface area contributed by atoms with Crippen LogP contribution in [0.25, 0.3) is 0 Å². The number of benzene rings is 1. The molecule has 1 aliphatic rings. The van der Waals surface area contributed by atoms with Crippen molar-refractivity contribution in [2.45, 2.75) is 38.6 Å². The molecule has 1 heterocycles. The Hall–Kier alpha value is -0.540. The van der Waals surface area contributed by atoms with E-state index in [2.05, 4.69) is 52.0 Å². The normalized spacial score (nSPS) is 21.3. The Morgan fingerprint density at radius 1 is 1.39 bits per heavy atom. The van der Waals surface area contributed by atoms with Gasteiger partial charge in [0.1, 0.15) is 0 Å². The zero-order valence-electron chi connectivity index (χ0n) is 11.1. The van der Waals surface area contributed by atoms with Crippen LogP contribution in [-0.2, 0) is 0 Å². The van der Waals surface area contributed by atoms with Crippen molar-refractivity contribution in [3.05, 3.63) is 28.7 Å². The van der Waals surface area contributed by atoms with Crippen molar-refractivity contribution in [3.63, 3.8) is 0 Å². The van der Waals surface area contributed by atoms with Crippen LogP contribution in [0, 0.1) is 5.92 Å². The van der Waals surface area contributed by atoms with Crippen LogP contribution < -0.4 is 10.6 Å². The minimum Gasteiger partial charge on any atom is -0.371 e. The summed E-state index contributed by atoms with van der Waals surface area (Å²) < 4.78 is 1.15. The average molecular weight is 311 g/mol. The largest absolute Gasteiger partial charge is 0.371 e. The number of halogens is 1. The number of nitrogens with two attached hydrogens (primary N) is 1. The smallest absolute Gasteiger partial charge is 0.0367 e. The SMILES string of the molecule is CCC(N)CCC1CCN(c2ccc(Br)cc2)C1. The monoisotopic (exact) mass is 310 g/mol. The van der Waals surface area contributed by atoms with Crippen LogP contribution >= 0.6 is 15.9 Å². The molecule has 2 unspecified atom stereocenters. The van der Waals surface area contributed by atoms with Gasteiger partial charge >= 0.3 is 0 Å². The van der Waals surface area contributed by atoms with Gasteiger partial charge in [0.25, 0.3) is 0 Å². The van der Waals surface area contributed by atoms with Crippen molar-refractivity contribution in [1.82, 2.24) is 0 Å². The standard InChI is InChI=1S/C15H23BrN2/c1-2-14(17)6-3-12-9-10-18(11-12)15-7-4-13(16)5-8-15/h4-5,7-8,12,14H,2-3,6,9-11,17H2,1H3. The molecule has 0 spiro atoms. The molecule has 3 heteroatoms. The highest BCUT2D eigenvalue weighted by atomic mass is 79.9. The van der Waals surface area contributed by atoms with Gasteiger partial charge in [0.2, 0.25) is 0 Å². The molecule has 1 saturated heterocycles. The van der Waals surface area contributed by atoms with E-state index in [-0.39, 0.29) is 0 Å². The zero-order chi connectivity index (χ0) is 13.0. The lowest BCUT2D eigenvalue weighted by atomic mass is 9.98. The van der Waals surface area contributed by atoms with Crippen LogP contribution in [0.4, 0.5) is 5.69 Å². The van der Waals surface area contributed by atoms with Crippen LogP contribution in [0.3, 0.4) is 0 Å². The molecule has 1 fully saturated rings. The van der Waals surface area contributed by atoms with Gasteiger partial charge in [0.15, 0.2) is 0 Å². The maximum Gasteiger partial charge on any atom is 0.0367 e. The van der Waals surface area contributed by atoms with Crippen LogP contribution in [0.1, 0.15) is 32.6 Å². The van der Waals surface area contributed by atoms with Gasteiger partial charge in [0.05, 0.1) is 0 Å². The molecule has 0 bridgehead atoms. The highest BCUT2D eigenvalue weighted by molar-refractivity contribution is 9.10. The molecule has 0 aliphatic carbocycles. The molecule has 1 aromatic carbocycles. The fraction of sp³-hybridized carbons (Fsp3) is 0.600. The Balaban J connectivity index is 1.83. The summed E-state index contributed by atoms with van der Waals surface area (Å²) in [6.45, 7) is 4.55. The first-order chi connectivity index (χ1) is 8.69. The van der Waals surface area contributed by atoms with Gasteiger partial charge in [-0.2, -0.15) is 0 Å². The third kappa shape index (κ3) is 3.72. The number of nitrogens with zero attached hydrogens (tertiary/aromatic N) is 1. The van der Waals surface area contributed by atoms with Gasteiger partial charge in [-0.15, -0.1) is 0 Å². The lowest BCUT2D eigenvalue weighted by molar-refractivity contribution is 0.464. The van der Waals surface area contributed by atoms with Gasteiger partial charge in [-0.1, -0.05) is 22.9 Å². The average Bonchev–Trinajstić information content (AvgIpc) is 2.85. The molecule has 0 amide bonds. The number of anilines is 1. The molecule has 100 valence electrons. The minimum atomic E-state index is 0.395. The molecule has 18 heavy (non-hydrogen) atoms. The number of hydrogen-bond donors (Lipinski definition) is 1. The first-order valence-corrected chi connectivity index (χ1v) is 7.74. The summed E-state index contributed by atoms with van der Waals surface area (Å²) in [7, 11) is 0. The Morgan fingerprint density at radius 3 is 2.78 bits per heavy atom. The summed E-state index contributed by atoms with van der Waals surface area (Å²) in [6.07, 6.45) is 4.87. The quantitative estimate of drug-likeness (QED) is 0.896. The van der Waals surface area contributed by atoms with E-state index in [4.69, 9.17) is 5.73 Å². The summed E-state index contributed by atoms with van der Waals surface area (Å²) >= 11 is 3.48. The van der Waals surface area contributed by atoms with Crippen molar-refractivity contribution in [2.75, 3.05) is 18.0 Å². The Kier molecular flexibility index (Phi) is 5.07. The molecule has 0 aromatic heterocycles. The second kappa shape index (κ2) is 6.58. The van der Waals surface area contributed by atoms with E-state index in [9.17, 15) is 0 Å². The first-order valence-electron chi connectivity index (χ1n) is 6.95. The molecule has 1 aromatic rings. The predicted octanol–water partition coefficient (Wildman–Crippen LogP) is 3.79. The minimum absolute atomic E-state index is 0.395. The number of hydrogen-bond acceptors (Lipinski definition) is 2. The van der Waals surface area contributed by atoms with Gasteiger partial charge in [0, 0.05) is 29.3 Å². The molecule has 2 rings (SSSR count). The van der Waals surface area contributed by atoms with Crippen molar-refractivity contribution in [3.8, 4) is 0 Å². The Morgan fingerprint density at radius 2 is 2.11 bits per heavy atom. The second-order valence-electron chi connectivity index (χ2n) is 5.32. The second-order valence-corrected chi connectivity index (χ2v) is 6.24. The molecule has 2 atom stereocenters. The highest BCUT2D eigenvalue weighted by Crippen LogP contribution is 2.27. The highest BCUT2D eigenvalue weighted by Gasteiger charge is 2.22. The van der Waals surface area contributed by atoms with E-state index >= 15 is 0 Å². The van der Waals surface area contributed by atoms with E-state index in [1.54, 1.807) is 0 Å². The molecule has 1 aliphatic heterocycles. The molecule has 0 saturated carbocycles. The predicted molar refractivity (Wildman–Crippen MR) is 82.0 cm³/mol. The number of rotatable bonds is 5. The van der Waals surface area contributed by atoms with Gasteiger partial charge < -0.3 is 10.6 Å². The molecular formula is C15H23BrN2. The topological polar surface area (TPSA) is 29.3 Å². The summed E-state index contributed by atoms with van der Waals surface area (Å²) in [5.74, 6) is 0.825. The molecular weight excluding hydrogens is 288 g/mol. The van der Waals surface area contributed by atoms with Gasteiger partial charge in [-0.25, -0.2) is 0 Å². The summed E-state index contributed by atoms with van der Waals surface area (Å²) in [4.78, 5) is 2.49. The zero-order valence-corrected chi connectivity index (χ0v) is 12.7. The molecule has 0 radical (unpaired) electrons. The molecule has 2 nitrogen and oxygen atoms in total. The van der Waals surface area contributed by atoms with Gasteiger partial charge in [-0.05, 0) is 55.9 Å². The van der Waals surface area contributed by atoms with E-state index in [0.717, 1.165) is 16.8 Å². The maximum atomic E-state index is 5.99. The first kappa shape index (κ1) is 13.9. The van der Waals surface area contributed by atoms with Crippen molar-refractivity contribution >= 4 is 21.6 Å². The van der Waals surface area contributed by atoms with E-state index in [1.165, 1.54) is 38.0 Å². The van der Waals surface area contributed by atoms with Gasteiger partial charge in [-0.3, -0.25) is 0 Å². The van der Waals surface area contributed by atoms with Crippen LogP contribution in [0.5, 0.6) is 0 Å².